The maximum atomic E-state index is 10.3. The summed E-state index contributed by atoms with van der Waals surface area (Å²) in [5, 5.41) is 90.0. The summed E-state index contributed by atoms with van der Waals surface area (Å²) in [6.45, 7) is -1.23. The van der Waals surface area contributed by atoms with Gasteiger partial charge in [0, 0.05) is 23.1 Å². The number of benzene rings is 2. The van der Waals surface area contributed by atoms with E-state index in [1.165, 1.54) is 24.3 Å². The van der Waals surface area contributed by atoms with E-state index < -0.39 is 74.6 Å². The minimum absolute atomic E-state index is 0.0337. The zero-order chi connectivity index (χ0) is 28.7. The number of aliphatic hydroxyl groups excluding tert-OH is 8. The largest absolute Gasteiger partial charge is 0.508 e. The fraction of sp³-hybridized carbons (Fsp3) is 0.462. The molecule has 5 rings (SSSR count). The first-order valence-corrected chi connectivity index (χ1v) is 12.4. The average Bonchev–Trinajstić information content (AvgIpc) is 3.37. The topological polar surface area (TPSA) is 232 Å². The maximum absolute atomic E-state index is 10.3. The molecule has 0 unspecified atom stereocenters. The van der Waals surface area contributed by atoms with Gasteiger partial charge < -0.3 is 69.3 Å². The van der Waals surface area contributed by atoms with Gasteiger partial charge in [0.2, 0.25) is 12.6 Å². The van der Waals surface area contributed by atoms with Crippen molar-refractivity contribution in [3.8, 4) is 28.6 Å². The summed E-state index contributed by atoms with van der Waals surface area (Å²) in [7, 11) is 0. The molecule has 3 heterocycles. The summed E-state index contributed by atoms with van der Waals surface area (Å²) in [5.74, 6) is 0.311. The second-order valence-corrected chi connectivity index (χ2v) is 9.66. The molecule has 1 aromatic heterocycles. The van der Waals surface area contributed by atoms with Gasteiger partial charge in [0.05, 0.1) is 13.2 Å². The van der Waals surface area contributed by atoms with Gasteiger partial charge in [-0.2, -0.15) is 0 Å². The molecule has 2 aromatic carbocycles. The highest BCUT2D eigenvalue weighted by molar-refractivity contribution is 5.84. The number of hydrogen-bond acceptors (Lipinski definition) is 14. The van der Waals surface area contributed by atoms with Crippen molar-refractivity contribution in [1.82, 2.24) is 0 Å². The first-order valence-electron chi connectivity index (χ1n) is 12.4. The van der Waals surface area contributed by atoms with Crippen LogP contribution in [-0.4, -0.2) is 121 Å². The van der Waals surface area contributed by atoms with Gasteiger partial charge in [-0.3, -0.25) is 0 Å². The molecular formula is C26H30O14. The number of phenols is 1. The quantitative estimate of drug-likeness (QED) is 0.153. The maximum Gasteiger partial charge on any atom is 0.229 e. The molecule has 0 spiro atoms. The lowest BCUT2D eigenvalue weighted by molar-refractivity contribution is -0.277. The van der Waals surface area contributed by atoms with Crippen LogP contribution in [0.2, 0.25) is 0 Å². The molecule has 0 radical (unpaired) electrons. The Kier molecular flexibility index (Phi) is 8.17. The minimum atomic E-state index is -1.64. The van der Waals surface area contributed by atoms with Crippen LogP contribution in [-0.2, 0) is 9.47 Å². The number of ether oxygens (including phenoxy) is 4. The Bertz CT molecular complexity index is 1310. The molecule has 14 nitrogen and oxygen atoms in total. The monoisotopic (exact) mass is 566 g/mol. The second-order valence-electron chi connectivity index (χ2n) is 9.66. The lowest BCUT2D eigenvalue weighted by Gasteiger charge is -2.39. The molecule has 0 bridgehead atoms. The SMILES string of the molecule is OC[C@H]1O[C@@H](Oc2ccc3cc(-c4cc(O)cc(O[C@@H]5O[C@H](CO)[C@H](O)[C@H](O)[C@H]5O)c4)oc3c2)[C@@H](O)[C@@H](O)[C@H]1O. The summed E-state index contributed by atoms with van der Waals surface area (Å²) in [6, 6.07) is 10.5. The Morgan fingerprint density at radius 3 is 1.77 bits per heavy atom. The predicted molar refractivity (Wildman–Crippen MR) is 132 cm³/mol. The zero-order valence-electron chi connectivity index (χ0n) is 20.8. The van der Waals surface area contributed by atoms with E-state index >= 15 is 0 Å². The number of rotatable bonds is 7. The molecular weight excluding hydrogens is 536 g/mol. The highest BCUT2D eigenvalue weighted by atomic mass is 16.7. The molecule has 3 aromatic rings. The molecule has 0 saturated carbocycles. The van der Waals surface area contributed by atoms with Gasteiger partial charge in [-0.25, -0.2) is 0 Å². The molecule has 2 aliphatic rings. The van der Waals surface area contributed by atoms with Crippen molar-refractivity contribution < 1.29 is 69.3 Å². The Hall–Kier alpha value is -3.02. The van der Waals surface area contributed by atoms with Gasteiger partial charge in [-0.1, -0.05) is 0 Å². The van der Waals surface area contributed by atoms with E-state index in [1.54, 1.807) is 18.2 Å². The highest BCUT2D eigenvalue weighted by Gasteiger charge is 2.45. The average molecular weight is 567 g/mol. The number of aliphatic hydroxyl groups is 8. The third kappa shape index (κ3) is 5.46. The standard InChI is InChI=1S/C26H30O14/c27-8-17-19(30)21(32)23(34)25(39-17)36-13-2-1-10-5-15(38-16(10)7-13)11-3-12(29)6-14(4-11)37-26-24(35)22(33)20(31)18(9-28)40-26/h1-7,17-35H,8-9H2/t17-,18-,19+,20+,21+,22+,23+,24-,25-,26-/m1/s1. The minimum Gasteiger partial charge on any atom is -0.508 e. The summed E-state index contributed by atoms with van der Waals surface area (Å²) in [5.41, 5.74) is 0.712. The van der Waals surface area contributed by atoms with Gasteiger partial charge in [0.1, 0.15) is 77.4 Å². The fourth-order valence-corrected chi connectivity index (χ4v) is 4.62. The van der Waals surface area contributed by atoms with E-state index in [2.05, 4.69) is 0 Å². The third-order valence-corrected chi connectivity index (χ3v) is 6.87. The van der Waals surface area contributed by atoms with Gasteiger partial charge in [0.15, 0.2) is 0 Å². The molecule has 40 heavy (non-hydrogen) atoms. The Balaban J connectivity index is 1.35. The number of fused-ring (bicyclic) bond motifs is 1. The number of furan rings is 1. The van der Waals surface area contributed by atoms with Crippen molar-refractivity contribution >= 4 is 11.0 Å². The van der Waals surface area contributed by atoms with Crippen molar-refractivity contribution in [2.45, 2.75) is 61.4 Å². The molecule has 0 amide bonds. The van der Waals surface area contributed by atoms with Crippen molar-refractivity contribution in [3.05, 3.63) is 42.5 Å². The Morgan fingerprint density at radius 1 is 0.625 bits per heavy atom. The van der Waals surface area contributed by atoms with Crippen molar-refractivity contribution in [3.63, 3.8) is 0 Å². The van der Waals surface area contributed by atoms with Gasteiger partial charge >= 0.3 is 0 Å². The fourth-order valence-electron chi connectivity index (χ4n) is 4.62. The van der Waals surface area contributed by atoms with E-state index in [0.717, 1.165) is 0 Å². The van der Waals surface area contributed by atoms with Crippen molar-refractivity contribution in [1.29, 1.82) is 0 Å². The Labute approximate surface area is 226 Å². The van der Waals surface area contributed by atoms with E-state index in [0.29, 0.717) is 22.3 Å². The molecule has 218 valence electrons. The van der Waals surface area contributed by atoms with Crippen LogP contribution in [0.1, 0.15) is 0 Å². The molecule has 14 heteroatoms. The molecule has 9 N–H and O–H groups in total. The van der Waals surface area contributed by atoms with E-state index in [-0.39, 0.29) is 17.2 Å². The highest BCUT2D eigenvalue weighted by Crippen LogP contribution is 2.36. The van der Waals surface area contributed by atoms with Gasteiger partial charge in [-0.05, 0) is 30.3 Å². The lowest BCUT2D eigenvalue weighted by atomic mass is 9.99. The van der Waals surface area contributed by atoms with Crippen LogP contribution in [0, 0.1) is 0 Å². The molecule has 2 aliphatic heterocycles. The predicted octanol–water partition coefficient (Wildman–Crippen LogP) is -1.84. The van der Waals surface area contributed by atoms with E-state index in [9.17, 15) is 46.0 Å². The molecule has 10 atom stereocenters. The van der Waals surface area contributed by atoms with Crippen LogP contribution in [0.4, 0.5) is 0 Å². The summed E-state index contributed by atoms with van der Waals surface area (Å²) in [4.78, 5) is 0. The van der Waals surface area contributed by atoms with Crippen LogP contribution in [0.5, 0.6) is 17.2 Å². The smallest absolute Gasteiger partial charge is 0.229 e. The van der Waals surface area contributed by atoms with Crippen LogP contribution >= 0.6 is 0 Å². The summed E-state index contributed by atoms with van der Waals surface area (Å²) in [6.07, 6.45) is -14.7. The number of phenolic OH excluding ortho intramolecular Hbond substituents is 1. The normalized spacial score (nSPS) is 34.6. The van der Waals surface area contributed by atoms with Crippen LogP contribution in [0.3, 0.4) is 0 Å². The number of aromatic hydroxyl groups is 1. The van der Waals surface area contributed by atoms with E-state index in [4.69, 9.17) is 23.4 Å². The van der Waals surface area contributed by atoms with Crippen LogP contribution in [0.25, 0.3) is 22.3 Å². The van der Waals surface area contributed by atoms with Gasteiger partial charge in [0.25, 0.3) is 0 Å². The zero-order valence-corrected chi connectivity index (χ0v) is 20.8. The van der Waals surface area contributed by atoms with Crippen LogP contribution in [0.15, 0.2) is 46.9 Å². The van der Waals surface area contributed by atoms with Crippen LogP contribution < -0.4 is 9.47 Å². The van der Waals surface area contributed by atoms with Crippen molar-refractivity contribution in [2.24, 2.45) is 0 Å². The number of hydrogen-bond donors (Lipinski definition) is 9. The first-order chi connectivity index (χ1) is 19.1. The Morgan fingerprint density at radius 2 is 1.20 bits per heavy atom. The molecule has 2 saturated heterocycles. The molecule has 0 aliphatic carbocycles. The molecule has 2 fully saturated rings. The second kappa shape index (κ2) is 11.5. The van der Waals surface area contributed by atoms with Crippen molar-refractivity contribution in [2.75, 3.05) is 13.2 Å². The lowest BCUT2D eigenvalue weighted by Crippen LogP contribution is -2.60. The third-order valence-electron chi connectivity index (χ3n) is 6.87. The van der Waals surface area contributed by atoms with Gasteiger partial charge in [-0.15, -0.1) is 0 Å². The summed E-state index contributed by atoms with van der Waals surface area (Å²) < 4.78 is 27.9. The summed E-state index contributed by atoms with van der Waals surface area (Å²) >= 11 is 0. The van der Waals surface area contributed by atoms with E-state index in [1.807, 2.05) is 0 Å². The first kappa shape index (κ1) is 28.5.